The van der Waals surface area contributed by atoms with Gasteiger partial charge in [0.05, 0.1) is 0 Å². The van der Waals surface area contributed by atoms with Crippen LogP contribution in [0.3, 0.4) is 0 Å². The third-order valence-corrected chi connectivity index (χ3v) is 3.22. The van der Waals surface area contributed by atoms with Gasteiger partial charge in [0.2, 0.25) is 0 Å². The first-order valence-corrected chi connectivity index (χ1v) is 6.50. The highest BCUT2D eigenvalue weighted by Gasteiger charge is 2.16. The smallest absolute Gasteiger partial charge is 0.258 e. The second-order valence-electron chi connectivity index (χ2n) is 4.64. The highest BCUT2D eigenvalue weighted by molar-refractivity contribution is 6.06. The summed E-state index contributed by atoms with van der Waals surface area (Å²) in [7, 11) is 0. The van der Waals surface area contributed by atoms with Crippen LogP contribution in [0.25, 0.3) is 0 Å². The summed E-state index contributed by atoms with van der Waals surface area (Å²) in [5, 5.41) is 9.72. The lowest BCUT2D eigenvalue weighted by Crippen LogP contribution is -2.30. The molecule has 1 amide bonds. The number of anilines is 2. The fourth-order valence-electron chi connectivity index (χ4n) is 2.00. The minimum absolute atomic E-state index is 0.129. The van der Waals surface area contributed by atoms with Gasteiger partial charge in [-0.3, -0.25) is 4.79 Å². The highest BCUT2D eigenvalue weighted by Crippen LogP contribution is 2.22. The van der Waals surface area contributed by atoms with Gasteiger partial charge in [0.25, 0.3) is 5.91 Å². The first-order valence-electron chi connectivity index (χ1n) is 6.50. The van der Waals surface area contributed by atoms with Crippen molar-refractivity contribution in [1.82, 2.24) is 0 Å². The van der Waals surface area contributed by atoms with Gasteiger partial charge in [-0.25, -0.2) is 0 Å². The van der Waals surface area contributed by atoms with Crippen molar-refractivity contribution in [2.45, 2.75) is 13.8 Å². The van der Waals surface area contributed by atoms with Crippen molar-refractivity contribution in [2.24, 2.45) is 0 Å². The maximum atomic E-state index is 12.5. The van der Waals surface area contributed by atoms with Gasteiger partial charge in [0.1, 0.15) is 5.75 Å². The van der Waals surface area contributed by atoms with Crippen molar-refractivity contribution >= 4 is 17.3 Å². The minimum atomic E-state index is -0.146. The van der Waals surface area contributed by atoms with E-state index in [2.05, 4.69) is 0 Å². The topological polar surface area (TPSA) is 66.6 Å². The van der Waals surface area contributed by atoms with Gasteiger partial charge in [-0.2, -0.15) is 0 Å². The van der Waals surface area contributed by atoms with E-state index < -0.39 is 0 Å². The highest BCUT2D eigenvalue weighted by atomic mass is 16.3. The molecular formula is C16H18N2O2. The van der Waals surface area contributed by atoms with Gasteiger partial charge in [0, 0.05) is 23.5 Å². The molecule has 4 nitrogen and oxygen atoms in total. The monoisotopic (exact) mass is 270 g/mol. The van der Waals surface area contributed by atoms with E-state index in [0.29, 0.717) is 17.8 Å². The van der Waals surface area contributed by atoms with Crippen LogP contribution < -0.4 is 10.6 Å². The number of phenolic OH excluding ortho intramolecular Hbond substituents is 1. The quantitative estimate of drug-likeness (QED) is 0.843. The number of nitrogens with two attached hydrogens (primary N) is 1. The second-order valence-corrected chi connectivity index (χ2v) is 4.64. The number of nitrogen functional groups attached to an aromatic ring is 1. The summed E-state index contributed by atoms with van der Waals surface area (Å²) in [5.74, 6) is -0.0169. The first kappa shape index (κ1) is 13.9. The van der Waals surface area contributed by atoms with Crippen LogP contribution in [0, 0.1) is 6.92 Å². The number of aromatic hydroxyl groups is 1. The molecule has 2 aromatic rings. The molecule has 104 valence electrons. The number of rotatable bonds is 3. The van der Waals surface area contributed by atoms with E-state index in [1.807, 2.05) is 19.1 Å². The number of aryl methyl sites for hydroxylation is 1. The van der Waals surface area contributed by atoms with Crippen LogP contribution in [0.4, 0.5) is 11.4 Å². The van der Waals surface area contributed by atoms with Crippen molar-refractivity contribution in [3.8, 4) is 5.75 Å². The van der Waals surface area contributed by atoms with E-state index in [-0.39, 0.29) is 11.7 Å². The van der Waals surface area contributed by atoms with Gasteiger partial charge in [-0.15, -0.1) is 0 Å². The molecule has 0 aromatic heterocycles. The van der Waals surface area contributed by atoms with Crippen LogP contribution in [0.15, 0.2) is 42.5 Å². The summed E-state index contributed by atoms with van der Waals surface area (Å²) >= 11 is 0. The van der Waals surface area contributed by atoms with Gasteiger partial charge in [-0.05, 0) is 55.8 Å². The molecule has 20 heavy (non-hydrogen) atoms. The molecule has 0 bridgehead atoms. The number of amides is 1. The van der Waals surface area contributed by atoms with E-state index in [9.17, 15) is 9.90 Å². The van der Waals surface area contributed by atoms with Crippen LogP contribution in [0.2, 0.25) is 0 Å². The lowest BCUT2D eigenvalue weighted by molar-refractivity contribution is 0.0988. The van der Waals surface area contributed by atoms with Gasteiger partial charge < -0.3 is 15.7 Å². The zero-order chi connectivity index (χ0) is 14.7. The third kappa shape index (κ3) is 2.74. The average molecular weight is 270 g/mol. The molecule has 0 atom stereocenters. The molecule has 0 aliphatic heterocycles. The lowest BCUT2D eigenvalue weighted by Gasteiger charge is -2.21. The van der Waals surface area contributed by atoms with Crippen molar-refractivity contribution < 1.29 is 9.90 Å². The summed E-state index contributed by atoms with van der Waals surface area (Å²) < 4.78 is 0. The van der Waals surface area contributed by atoms with E-state index >= 15 is 0 Å². The average Bonchev–Trinajstić information content (AvgIpc) is 2.44. The maximum Gasteiger partial charge on any atom is 0.258 e. The Bertz CT molecular complexity index is 621. The van der Waals surface area contributed by atoms with E-state index in [0.717, 1.165) is 11.3 Å². The number of hydrogen-bond acceptors (Lipinski definition) is 3. The number of phenols is 1. The molecule has 0 saturated heterocycles. The number of nitrogens with zero attached hydrogens (tertiary/aromatic N) is 1. The zero-order valence-corrected chi connectivity index (χ0v) is 11.6. The van der Waals surface area contributed by atoms with Crippen molar-refractivity contribution in [3.05, 3.63) is 53.6 Å². The zero-order valence-electron chi connectivity index (χ0n) is 11.6. The van der Waals surface area contributed by atoms with Crippen LogP contribution in [0.1, 0.15) is 22.8 Å². The Balaban J connectivity index is 2.33. The Kier molecular flexibility index (Phi) is 3.94. The predicted molar refractivity (Wildman–Crippen MR) is 81.0 cm³/mol. The summed E-state index contributed by atoms with van der Waals surface area (Å²) in [6, 6.07) is 12.1. The maximum absolute atomic E-state index is 12.5. The van der Waals surface area contributed by atoms with Crippen LogP contribution >= 0.6 is 0 Å². The molecular weight excluding hydrogens is 252 g/mol. The predicted octanol–water partition coefficient (Wildman–Crippen LogP) is 2.95. The first-order chi connectivity index (χ1) is 9.52. The Morgan fingerprint density at radius 2 is 1.85 bits per heavy atom. The molecule has 4 heteroatoms. The van der Waals surface area contributed by atoms with Gasteiger partial charge in [0.15, 0.2) is 0 Å². The molecule has 3 N–H and O–H groups in total. The van der Waals surface area contributed by atoms with Gasteiger partial charge in [-0.1, -0.05) is 6.07 Å². The Morgan fingerprint density at radius 1 is 1.20 bits per heavy atom. The molecule has 0 aliphatic rings. The molecule has 2 aromatic carbocycles. The molecule has 0 heterocycles. The molecule has 0 fully saturated rings. The van der Waals surface area contributed by atoms with Crippen LogP contribution in [0.5, 0.6) is 5.75 Å². The van der Waals surface area contributed by atoms with Crippen LogP contribution in [-0.4, -0.2) is 17.6 Å². The number of benzene rings is 2. The summed E-state index contributed by atoms with van der Waals surface area (Å²) in [6.45, 7) is 4.24. The van der Waals surface area contributed by atoms with Crippen molar-refractivity contribution in [2.75, 3.05) is 17.2 Å². The standard InChI is InChI=1S/C16H18N2O2/c1-3-18(14-8-6-13(17)7-9-14)16(20)12-5-4-11(2)15(19)10-12/h4-10,19H,3,17H2,1-2H3. The molecule has 0 unspecified atom stereocenters. The number of hydrogen-bond donors (Lipinski definition) is 2. The fourth-order valence-corrected chi connectivity index (χ4v) is 2.00. The van der Waals surface area contributed by atoms with Crippen molar-refractivity contribution in [1.29, 1.82) is 0 Å². The van der Waals surface area contributed by atoms with Crippen molar-refractivity contribution in [3.63, 3.8) is 0 Å². The number of carbonyl (C=O) groups excluding carboxylic acids is 1. The second kappa shape index (κ2) is 5.65. The van der Waals surface area contributed by atoms with E-state index in [1.54, 1.807) is 36.1 Å². The molecule has 0 radical (unpaired) electrons. The molecule has 0 saturated carbocycles. The summed E-state index contributed by atoms with van der Waals surface area (Å²) in [6.07, 6.45) is 0. The Hall–Kier alpha value is -2.49. The Morgan fingerprint density at radius 3 is 2.40 bits per heavy atom. The lowest BCUT2D eigenvalue weighted by atomic mass is 10.1. The van der Waals surface area contributed by atoms with Crippen LogP contribution in [-0.2, 0) is 0 Å². The molecule has 0 aliphatic carbocycles. The Labute approximate surface area is 118 Å². The fraction of sp³-hybridized carbons (Fsp3) is 0.188. The number of carbonyl (C=O) groups is 1. The SMILES string of the molecule is CCN(C(=O)c1ccc(C)c(O)c1)c1ccc(N)cc1. The summed E-state index contributed by atoms with van der Waals surface area (Å²) in [5.41, 5.74) is 8.31. The van der Waals surface area contributed by atoms with E-state index in [4.69, 9.17) is 5.73 Å². The summed E-state index contributed by atoms with van der Waals surface area (Å²) in [4.78, 5) is 14.2. The normalized spacial score (nSPS) is 10.3. The van der Waals surface area contributed by atoms with E-state index in [1.165, 1.54) is 6.07 Å². The minimum Gasteiger partial charge on any atom is -0.508 e. The molecule has 0 spiro atoms. The van der Waals surface area contributed by atoms with Gasteiger partial charge >= 0.3 is 0 Å². The molecule has 2 rings (SSSR count). The third-order valence-electron chi connectivity index (χ3n) is 3.22. The largest absolute Gasteiger partial charge is 0.508 e.